The Morgan fingerprint density at radius 2 is 2.31 bits per heavy atom. The Hall–Kier alpha value is -0.670. The zero-order valence-corrected chi connectivity index (χ0v) is 9.22. The number of thiophene rings is 2. The van der Waals surface area contributed by atoms with Crippen molar-refractivity contribution in [1.82, 2.24) is 0 Å². The third-order valence-corrected chi connectivity index (χ3v) is 4.13. The topological polar surface area (TPSA) is 17.1 Å². The smallest absolute Gasteiger partial charge is 0.134 e. The van der Waals surface area contributed by atoms with Crippen molar-refractivity contribution in [2.24, 2.45) is 0 Å². The van der Waals surface area contributed by atoms with E-state index < -0.39 is 0 Å². The molecule has 68 valence electrons. The Morgan fingerprint density at radius 3 is 3.00 bits per heavy atom. The molecule has 0 unspecified atom stereocenters. The molecule has 0 atom stereocenters. The van der Waals surface area contributed by atoms with E-state index in [1.807, 2.05) is 11.3 Å². The number of hydrogen-bond donors (Lipinski definition) is 0. The summed E-state index contributed by atoms with van der Waals surface area (Å²) >= 11 is 3.55. The summed E-state index contributed by atoms with van der Waals surface area (Å²) in [7, 11) is 0. The third kappa shape index (κ3) is 1.67. The van der Waals surface area contributed by atoms with Gasteiger partial charge in [0, 0.05) is 16.7 Å². The highest BCUT2D eigenvalue weighted by molar-refractivity contribution is 7.37. The summed E-state index contributed by atoms with van der Waals surface area (Å²) in [5.74, 6) is 0.239. The minimum absolute atomic E-state index is 0.239. The number of carbonyl (C=O) groups excluding carboxylic acids is 1. The fourth-order valence-corrected chi connectivity index (χ4v) is 3.67. The second-order valence-corrected chi connectivity index (χ2v) is 5.59. The maximum atomic E-state index is 11.0. The van der Waals surface area contributed by atoms with Crippen molar-refractivity contribution < 1.29 is 4.79 Å². The lowest BCUT2D eigenvalue weighted by molar-refractivity contribution is -0.116. The maximum Gasteiger partial charge on any atom is 0.134 e. The normalized spacial score (nSPS) is 10.9. The van der Waals surface area contributed by atoms with Crippen LogP contribution in [-0.4, -0.2) is 5.78 Å². The number of fused-ring (bicyclic) bond motifs is 1. The summed E-state index contributed by atoms with van der Waals surface area (Å²) in [5.41, 5.74) is 1.19. The molecular formula is C10H10OS2. The molecule has 0 spiro atoms. The van der Waals surface area contributed by atoms with Crippen LogP contribution in [0.1, 0.15) is 17.4 Å². The highest BCUT2D eigenvalue weighted by Gasteiger charge is 2.08. The molecule has 0 saturated heterocycles. The Kier molecular flexibility index (Phi) is 2.22. The maximum absolute atomic E-state index is 11.0. The van der Waals surface area contributed by atoms with Gasteiger partial charge in [-0.3, -0.25) is 4.79 Å². The van der Waals surface area contributed by atoms with E-state index in [0.29, 0.717) is 6.42 Å². The Labute approximate surface area is 85.0 Å². The lowest BCUT2D eigenvalue weighted by Crippen LogP contribution is -1.93. The van der Waals surface area contributed by atoms with Crippen LogP contribution in [0.4, 0.5) is 0 Å². The summed E-state index contributed by atoms with van der Waals surface area (Å²) in [6.07, 6.45) is 0.580. The van der Waals surface area contributed by atoms with E-state index in [-0.39, 0.29) is 5.78 Å². The summed E-state index contributed by atoms with van der Waals surface area (Å²) in [5, 5.41) is 3.38. The number of rotatable bonds is 2. The lowest BCUT2D eigenvalue weighted by Gasteiger charge is -1.90. The molecule has 0 aromatic carbocycles. The molecule has 0 aliphatic rings. The van der Waals surface area contributed by atoms with Crippen molar-refractivity contribution in [3.63, 3.8) is 0 Å². The Bertz CT molecular complexity index is 450. The summed E-state index contributed by atoms with van der Waals surface area (Å²) < 4.78 is 1.34. The van der Waals surface area contributed by atoms with Crippen LogP contribution in [0.25, 0.3) is 9.40 Å². The first-order valence-electron chi connectivity index (χ1n) is 4.13. The van der Waals surface area contributed by atoms with Gasteiger partial charge in [-0.1, -0.05) is 0 Å². The minimum Gasteiger partial charge on any atom is -0.300 e. The molecule has 0 bridgehead atoms. The van der Waals surface area contributed by atoms with Gasteiger partial charge in [-0.05, 0) is 30.9 Å². The van der Waals surface area contributed by atoms with Gasteiger partial charge in [-0.2, -0.15) is 0 Å². The van der Waals surface area contributed by atoms with Crippen LogP contribution in [0.2, 0.25) is 0 Å². The van der Waals surface area contributed by atoms with Crippen LogP contribution in [0.15, 0.2) is 11.4 Å². The first-order chi connectivity index (χ1) is 6.16. The van der Waals surface area contributed by atoms with Crippen LogP contribution in [0, 0.1) is 6.92 Å². The molecule has 1 nitrogen and oxygen atoms in total. The van der Waals surface area contributed by atoms with Gasteiger partial charge in [0.05, 0.1) is 4.01 Å². The molecule has 0 N–H and O–H groups in total. The van der Waals surface area contributed by atoms with Gasteiger partial charge >= 0.3 is 0 Å². The van der Waals surface area contributed by atoms with Gasteiger partial charge in [0.2, 0.25) is 0 Å². The highest BCUT2D eigenvalue weighted by Crippen LogP contribution is 2.33. The number of Topliss-reactive ketones (excluding diaryl/α,β-unsaturated/α-hetero) is 1. The second-order valence-electron chi connectivity index (χ2n) is 3.20. The van der Waals surface area contributed by atoms with E-state index in [1.54, 1.807) is 18.3 Å². The van der Waals surface area contributed by atoms with E-state index in [9.17, 15) is 4.79 Å². The summed E-state index contributed by atoms with van der Waals surface area (Å²) in [4.78, 5) is 12.3. The predicted octanol–water partition coefficient (Wildman–Crippen LogP) is 3.40. The van der Waals surface area contributed by atoms with Crippen LogP contribution in [0.5, 0.6) is 0 Å². The number of hydrogen-bond acceptors (Lipinski definition) is 3. The fraction of sp³-hybridized carbons (Fsp3) is 0.300. The van der Waals surface area contributed by atoms with Gasteiger partial charge in [0.1, 0.15) is 5.78 Å². The second kappa shape index (κ2) is 3.24. The average molecular weight is 210 g/mol. The molecule has 2 aromatic heterocycles. The molecule has 3 heteroatoms. The molecule has 2 rings (SSSR count). The molecule has 0 aliphatic carbocycles. The van der Waals surface area contributed by atoms with Crippen molar-refractivity contribution in [2.45, 2.75) is 20.3 Å². The molecule has 0 fully saturated rings. The molecule has 0 radical (unpaired) electrons. The molecule has 2 heterocycles. The van der Waals surface area contributed by atoms with E-state index >= 15 is 0 Å². The van der Waals surface area contributed by atoms with Crippen molar-refractivity contribution in [3.8, 4) is 0 Å². The van der Waals surface area contributed by atoms with Gasteiger partial charge in [0.25, 0.3) is 0 Å². The fourth-order valence-electron chi connectivity index (χ4n) is 1.40. The first kappa shape index (κ1) is 8.91. The summed E-state index contributed by atoms with van der Waals surface area (Å²) in [6.45, 7) is 3.75. The zero-order valence-electron chi connectivity index (χ0n) is 7.59. The van der Waals surface area contributed by atoms with Crippen molar-refractivity contribution in [3.05, 3.63) is 21.9 Å². The van der Waals surface area contributed by atoms with E-state index in [1.165, 1.54) is 19.8 Å². The average Bonchev–Trinajstić information content (AvgIpc) is 2.51. The lowest BCUT2D eigenvalue weighted by atomic mass is 10.1. The molecule has 2 aromatic rings. The van der Waals surface area contributed by atoms with Crippen LogP contribution in [0.3, 0.4) is 0 Å². The molecule has 0 aliphatic heterocycles. The minimum atomic E-state index is 0.239. The number of carbonyl (C=O) groups is 1. The van der Waals surface area contributed by atoms with Crippen molar-refractivity contribution in [1.29, 1.82) is 0 Å². The number of ketones is 1. The van der Waals surface area contributed by atoms with Gasteiger partial charge in [-0.25, -0.2) is 0 Å². The van der Waals surface area contributed by atoms with Crippen LogP contribution < -0.4 is 0 Å². The standard InChI is InChI=1S/C10H10OS2/c1-6(11)3-8-5-12-10-9(8)4-7(2)13-10/h4-5H,3H2,1-2H3. The van der Waals surface area contributed by atoms with E-state index in [4.69, 9.17) is 0 Å². The Morgan fingerprint density at radius 1 is 1.54 bits per heavy atom. The Balaban J connectivity index is 2.50. The SMILES string of the molecule is CC(=O)Cc1csc2sc(C)cc12. The first-order valence-corrected chi connectivity index (χ1v) is 5.82. The largest absolute Gasteiger partial charge is 0.300 e. The highest BCUT2D eigenvalue weighted by atomic mass is 32.2. The monoisotopic (exact) mass is 210 g/mol. The molecule has 0 saturated carbocycles. The molecule has 13 heavy (non-hydrogen) atoms. The van der Waals surface area contributed by atoms with Gasteiger partial charge < -0.3 is 0 Å². The predicted molar refractivity (Wildman–Crippen MR) is 58.8 cm³/mol. The van der Waals surface area contributed by atoms with Crippen LogP contribution in [-0.2, 0) is 11.2 Å². The van der Waals surface area contributed by atoms with Crippen LogP contribution >= 0.6 is 22.7 Å². The molecule has 0 amide bonds. The van der Waals surface area contributed by atoms with E-state index in [0.717, 1.165) is 0 Å². The number of aryl methyl sites for hydroxylation is 1. The van der Waals surface area contributed by atoms with E-state index in [2.05, 4.69) is 18.4 Å². The molecular weight excluding hydrogens is 200 g/mol. The third-order valence-electron chi connectivity index (χ3n) is 1.91. The summed E-state index contributed by atoms with van der Waals surface area (Å²) in [6, 6.07) is 2.18. The van der Waals surface area contributed by atoms with Gasteiger partial charge in [-0.15, -0.1) is 22.7 Å². The quantitative estimate of drug-likeness (QED) is 0.742. The van der Waals surface area contributed by atoms with Gasteiger partial charge in [0.15, 0.2) is 0 Å². The van der Waals surface area contributed by atoms with Crippen molar-refractivity contribution in [2.75, 3.05) is 0 Å². The zero-order chi connectivity index (χ0) is 9.42. The van der Waals surface area contributed by atoms with Crippen molar-refractivity contribution >= 4 is 37.9 Å².